The van der Waals surface area contributed by atoms with Gasteiger partial charge in [0.05, 0.1) is 59.3 Å². The zero-order valence-electron chi connectivity index (χ0n) is 35.0. The van der Waals surface area contributed by atoms with E-state index in [0.717, 1.165) is 12.8 Å². The molecule has 0 radical (unpaired) electrons. The Kier molecular flexibility index (Phi) is 13.2. The molecule has 0 saturated carbocycles. The Bertz CT molecular complexity index is 1320. The first-order valence-electron chi connectivity index (χ1n) is 21.3. The van der Waals surface area contributed by atoms with Crippen LogP contribution in [-0.4, -0.2) is 103 Å². The van der Waals surface area contributed by atoms with E-state index in [1.54, 1.807) is 13.0 Å². The third-order valence-corrected chi connectivity index (χ3v) is 15.3. The molecule has 0 aromatic heterocycles. The molecule has 5 rings (SSSR count). The molecule has 4 fully saturated rings. The monoisotopic (exact) mass is 767 g/mol. The number of carboxylic acid groups (broad SMARTS) is 1. The summed E-state index contributed by atoms with van der Waals surface area (Å²) in [5.74, 6) is -5.24. The van der Waals surface area contributed by atoms with E-state index in [-0.39, 0.29) is 47.9 Å². The fourth-order valence-corrected chi connectivity index (χ4v) is 11.1. The molecule has 4 saturated heterocycles. The summed E-state index contributed by atoms with van der Waals surface area (Å²) >= 11 is 0. The Labute approximate surface area is 324 Å². The zero-order valence-corrected chi connectivity index (χ0v) is 35.0. The maximum absolute atomic E-state index is 12.5. The lowest BCUT2D eigenvalue weighted by Gasteiger charge is -2.56. The minimum absolute atomic E-state index is 0.0530. The Morgan fingerprint density at radius 1 is 0.944 bits per heavy atom. The molecule has 0 aliphatic carbocycles. The standard InChI is InChI=1S/C43H74O11/c1-12-30(38(46)47)32-16-15-24(4)36(51-32)27(7)35(45)28(8)40(11,48)31(13-2)37-25(5)23-26(6)42(52-37)20-17-33(44)43(54-42)22-21-39(10,53-43)34-18-19-41(49,14-3)29(9)50-34/h17,20,24-37,44-45,48-49H,12-16,18-19,21-23H2,1-11H3,(H,46,47)/t24-,25-,26+,27-,28-,29-,30+,31+,32+,33+,34+,35-,36+,37-,39-,40-,41+,42-,43-/m0/s1. The van der Waals surface area contributed by atoms with Gasteiger partial charge in [0.1, 0.15) is 6.10 Å². The molecule has 5 aliphatic rings. The number of aliphatic carboxylic acids is 1. The van der Waals surface area contributed by atoms with E-state index < -0.39 is 70.6 Å². The normalized spacial score (nSPS) is 46.8. The van der Waals surface area contributed by atoms with E-state index in [1.807, 2.05) is 54.5 Å². The molecule has 11 nitrogen and oxygen atoms in total. The maximum Gasteiger partial charge on any atom is 0.309 e. The van der Waals surface area contributed by atoms with Gasteiger partial charge in [-0.1, -0.05) is 55.4 Å². The molecule has 54 heavy (non-hydrogen) atoms. The summed E-state index contributed by atoms with van der Waals surface area (Å²) in [4.78, 5) is 12.0. The van der Waals surface area contributed by atoms with Gasteiger partial charge < -0.3 is 49.2 Å². The van der Waals surface area contributed by atoms with Crippen LogP contribution in [0.4, 0.5) is 0 Å². The third-order valence-electron chi connectivity index (χ3n) is 15.3. The molecule has 5 N–H and O–H groups in total. The van der Waals surface area contributed by atoms with Crippen LogP contribution < -0.4 is 0 Å². The van der Waals surface area contributed by atoms with Crippen LogP contribution in [0.5, 0.6) is 0 Å². The molecule has 0 aromatic rings. The fourth-order valence-electron chi connectivity index (χ4n) is 11.1. The Morgan fingerprint density at radius 3 is 2.22 bits per heavy atom. The predicted octanol–water partition coefficient (Wildman–Crippen LogP) is 6.37. The van der Waals surface area contributed by atoms with Gasteiger partial charge in [0.15, 0.2) is 5.79 Å². The number of hydrogen-bond donors (Lipinski definition) is 5. The summed E-state index contributed by atoms with van der Waals surface area (Å²) in [5, 5.41) is 56.8. The van der Waals surface area contributed by atoms with Crippen molar-refractivity contribution in [2.45, 2.75) is 211 Å². The number of aliphatic hydroxyl groups excluding tert-OH is 2. The molecular formula is C43H74O11. The number of carbonyl (C=O) groups is 1. The first-order valence-corrected chi connectivity index (χ1v) is 21.3. The van der Waals surface area contributed by atoms with E-state index >= 15 is 0 Å². The summed E-state index contributed by atoms with van der Waals surface area (Å²) in [6, 6.07) is 0. The second-order valence-electron chi connectivity index (χ2n) is 18.7. The van der Waals surface area contributed by atoms with E-state index in [2.05, 4.69) is 20.8 Å². The second kappa shape index (κ2) is 16.2. The third kappa shape index (κ3) is 7.85. The molecule has 5 heterocycles. The minimum atomic E-state index is -1.36. The topological polar surface area (TPSA) is 164 Å². The number of hydrogen-bond acceptors (Lipinski definition) is 10. The van der Waals surface area contributed by atoms with E-state index in [9.17, 15) is 30.3 Å². The predicted molar refractivity (Wildman–Crippen MR) is 204 cm³/mol. The van der Waals surface area contributed by atoms with Crippen LogP contribution in [0.25, 0.3) is 0 Å². The highest BCUT2D eigenvalue weighted by Crippen LogP contribution is 2.55. The Balaban J connectivity index is 1.34. The van der Waals surface area contributed by atoms with Gasteiger partial charge in [-0.05, 0) is 103 Å². The van der Waals surface area contributed by atoms with Crippen molar-refractivity contribution >= 4 is 5.97 Å². The lowest BCUT2D eigenvalue weighted by atomic mass is 9.66. The van der Waals surface area contributed by atoms with Gasteiger partial charge in [0.2, 0.25) is 5.79 Å². The smallest absolute Gasteiger partial charge is 0.309 e. The summed E-state index contributed by atoms with van der Waals surface area (Å²) in [5.41, 5.74) is -2.98. The van der Waals surface area contributed by atoms with Crippen LogP contribution in [0.2, 0.25) is 0 Å². The summed E-state index contributed by atoms with van der Waals surface area (Å²) < 4.78 is 33.8. The lowest BCUT2D eigenvalue weighted by molar-refractivity contribution is -0.412. The van der Waals surface area contributed by atoms with Crippen molar-refractivity contribution in [2.75, 3.05) is 0 Å². The van der Waals surface area contributed by atoms with Crippen molar-refractivity contribution < 1.29 is 54.0 Å². The first kappa shape index (κ1) is 44.0. The number of aliphatic hydroxyl groups is 4. The molecule has 5 aliphatic heterocycles. The highest BCUT2D eigenvalue weighted by Gasteiger charge is 2.63. The molecular weight excluding hydrogens is 692 g/mol. The van der Waals surface area contributed by atoms with E-state index in [1.165, 1.54) is 0 Å². The number of ether oxygens (including phenoxy) is 5. The van der Waals surface area contributed by atoms with Crippen LogP contribution in [-0.2, 0) is 28.5 Å². The SMILES string of the molecule is CC[C@H]([C@H]1O[C@]2(C=C[C@@H](O)[C@]3(CC[C@@](C)([C@H]4CC[C@](O)(CC)[C@H](C)O4)O3)O2)[C@H](C)C[C@@H]1C)[C@@](C)(O)[C@@H](C)[C@@H](O)[C@H](C)[C@@H]1O[C@@H]([C@@H](CC)C(=O)O)CC[C@@H]1C. The first-order chi connectivity index (χ1) is 25.1. The molecule has 0 bridgehead atoms. The molecule has 0 unspecified atom stereocenters. The second-order valence-corrected chi connectivity index (χ2v) is 18.7. The summed E-state index contributed by atoms with van der Waals surface area (Å²) in [7, 11) is 0. The van der Waals surface area contributed by atoms with Crippen LogP contribution >= 0.6 is 0 Å². The van der Waals surface area contributed by atoms with Crippen molar-refractivity contribution in [3.63, 3.8) is 0 Å². The van der Waals surface area contributed by atoms with Crippen molar-refractivity contribution in [1.82, 2.24) is 0 Å². The van der Waals surface area contributed by atoms with Gasteiger partial charge in [-0.2, -0.15) is 0 Å². The Morgan fingerprint density at radius 2 is 1.63 bits per heavy atom. The maximum atomic E-state index is 12.5. The van der Waals surface area contributed by atoms with Gasteiger partial charge in [0, 0.05) is 30.1 Å². The van der Waals surface area contributed by atoms with Crippen LogP contribution in [0.15, 0.2) is 12.2 Å². The summed E-state index contributed by atoms with van der Waals surface area (Å²) in [6.07, 6.45) is 5.94. The van der Waals surface area contributed by atoms with Crippen molar-refractivity contribution in [3.05, 3.63) is 12.2 Å². The average Bonchev–Trinajstić information content (AvgIpc) is 3.47. The number of carboxylic acids is 1. The molecule has 2 spiro atoms. The minimum Gasteiger partial charge on any atom is -0.481 e. The quantitative estimate of drug-likeness (QED) is 0.140. The van der Waals surface area contributed by atoms with E-state index in [4.69, 9.17) is 23.7 Å². The number of rotatable bonds is 12. The average molecular weight is 767 g/mol. The Hall–Kier alpha value is -1.15. The fraction of sp³-hybridized carbons (Fsp3) is 0.930. The van der Waals surface area contributed by atoms with E-state index in [0.29, 0.717) is 51.4 Å². The van der Waals surface area contributed by atoms with Crippen LogP contribution in [0, 0.1) is 41.4 Å². The zero-order chi connectivity index (χ0) is 40.2. The molecule has 0 aromatic carbocycles. The van der Waals surface area contributed by atoms with Crippen molar-refractivity contribution in [2.24, 2.45) is 41.4 Å². The van der Waals surface area contributed by atoms with Gasteiger partial charge in [-0.25, -0.2) is 0 Å². The molecule has 0 amide bonds. The van der Waals surface area contributed by atoms with Crippen LogP contribution in [0.3, 0.4) is 0 Å². The highest BCUT2D eigenvalue weighted by atomic mass is 16.8. The van der Waals surface area contributed by atoms with Gasteiger partial charge in [-0.3, -0.25) is 4.79 Å². The highest BCUT2D eigenvalue weighted by molar-refractivity contribution is 5.70. The lowest BCUT2D eigenvalue weighted by Crippen LogP contribution is -2.64. The molecule has 312 valence electrons. The largest absolute Gasteiger partial charge is 0.481 e. The van der Waals surface area contributed by atoms with Gasteiger partial charge in [-0.15, -0.1) is 0 Å². The van der Waals surface area contributed by atoms with Crippen molar-refractivity contribution in [3.8, 4) is 0 Å². The van der Waals surface area contributed by atoms with Gasteiger partial charge >= 0.3 is 5.97 Å². The van der Waals surface area contributed by atoms with Gasteiger partial charge in [0.25, 0.3) is 0 Å². The molecule has 11 heteroatoms. The van der Waals surface area contributed by atoms with Crippen molar-refractivity contribution in [1.29, 1.82) is 0 Å². The summed E-state index contributed by atoms with van der Waals surface area (Å²) in [6.45, 7) is 21.8. The molecule has 19 atom stereocenters. The van der Waals surface area contributed by atoms with Crippen LogP contribution in [0.1, 0.15) is 140 Å².